The molecule has 0 aliphatic rings. The van der Waals surface area contributed by atoms with Crippen molar-refractivity contribution in [2.45, 2.75) is 45.2 Å². The van der Waals surface area contributed by atoms with Gasteiger partial charge in [-0.3, -0.25) is 9.55 Å². The number of halogens is 2. The van der Waals surface area contributed by atoms with E-state index < -0.39 is 16.1 Å². The molecule has 30 heavy (non-hydrogen) atoms. The summed E-state index contributed by atoms with van der Waals surface area (Å²) in [7, 11) is -3.82. The average Bonchev–Trinajstić information content (AvgIpc) is 3.05. The largest absolute Gasteiger partial charge is 0.425 e. The second kappa shape index (κ2) is 8.93. The Morgan fingerprint density at radius 2 is 1.80 bits per heavy atom. The summed E-state index contributed by atoms with van der Waals surface area (Å²) in [5.41, 5.74) is 2.34. The van der Waals surface area contributed by atoms with E-state index in [4.69, 9.17) is 27.9 Å². The molecular formula is C20H22Cl2N4O3S. The predicted octanol–water partition coefficient (Wildman–Crippen LogP) is 5.05. The van der Waals surface area contributed by atoms with Crippen LogP contribution in [-0.4, -0.2) is 23.0 Å². The Balaban J connectivity index is 1.85. The van der Waals surface area contributed by atoms with Crippen molar-refractivity contribution in [2.24, 2.45) is 0 Å². The summed E-state index contributed by atoms with van der Waals surface area (Å²) in [4.78, 5) is 8.70. The highest BCUT2D eigenvalue weighted by Crippen LogP contribution is 2.28. The second-order valence-electron chi connectivity index (χ2n) is 6.82. The zero-order chi connectivity index (χ0) is 22.1. The Morgan fingerprint density at radius 3 is 2.40 bits per heavy atom. The molecule has 0 radical (unpaired) electrons. The number of rotatable bonds is 7. The maximum Gasteiger partial charge on any atom is 0.302 e. The van der Waals surface area contributed by atoms with E-state index in [9.17, 15) is 8.42 Å². The third-order valence-corrected chi connectivity index (χ3v) is 6.68. The van der Waals surface area contributed by atoms with Crippen LogP contribution in [0.5, 0.6) is 11.8 Å². The lowest BCUT2D eigenvalue weighted by atomic mass is 10.3. The van der Waals surface area contributed by atoms with Crippen molar-refractivity contribution < 1.29 is 13.2 Å². The van der Waals surface area contributed by atoms with Gasteiger partial charge in [0, 0.05) is 30.1 Å². The summed E-state index contributed by atoms with van der Waals surface area (Å²) >= 11 is 11.8. The molecule has 10 heteroatoms. The number of ether oxygens (including phenoxy) is 1. The van der Waals surface area contributed by atoms with E-state index in [0.717, 1.165) is 11.4 Å². The van der Waals surface area contributed by atoms with Gasteiger partial charge in [0.2, 0.25) is 10.0 Å². The third-order valence-electron chi connectivity index (χ3n) is 4.41. The molecule has 0 amide bonds. The van der Waals surface area contributed by atoms with E-state index in [1.807, 2.05) is 37.5 Å². The van der Waals surface area contributed by atoms with E-state index in [-0.39, 0.29) is 14.9 Å². The first-order chi connectivity index (χ1) is 14.1. The number of hydrogen-bond acceptors (Lipinski definition) is 5. The molecule has 0 aliphatic carbocycles. The van der Waals surface area contributed by atoms with Crippen molar-refractivity contribution >= 4 is 33.2 Å². The van der Waals surface area contributed by atoms with Crippen LogP contribution in [0.25, 0.3) is 0 Å². The SMILES string of the molecule is CCn1c(C(C)NS(=O)(=O)c2ccc(Cl)c(Cl)c2)cnc1Oc1cc(C)nc(C)c1. The summed E-state index contributed by atoms with van der Waals surface area (Å²) in [5.74, 6) is 0.621. The first-order valence-corrected chi connectivity index (χ1v) is 11.5. The van der Waals surface area contributed by atoms with Crippen molar-refractivity contribution in [2.75, 3.05) is 0 Å². The van der Waals surface area contributed by atoms with Crippen molar-refractivity contribution in [3.05, 3.63) is 63.7 Å². The molecular weight excluding hydrogens is 447 g/mol. The quantitative estimate of drug-likeness (QED) is 0.523. The van der Waals surface area contributed by atoms with Crippen LogP contribution >= 0.6 is 23.2 Å². The molecule has 3 aromatic rings. The number of nitrogens with one attached hydrogen (secondary N) is 1. The highest BCUT2D eigenvalue weighted by molar-refractivity contribution is 7.89. The maximum atomic E-state index is 12.8. The molecule has 7 nitrogen and oxygen atoms in total. The number of benzene rings is 1. The maximum absolute atomic E-state index is 12.8. The van der Waals surface area contributed by atoms with Gasteiger partial charge in [-0.15, -0.1) is 0 Å². The first kappa shape index (κ1) is 22.6. The van der Waals surface area contributed by atoms with Gasteiger partial charge in [0.05, 0.1) is 32.9 Å². The number of nitrogens with zero attached hydrogens (tertiary/aromatic N) is 3. The molecule has 160 valence electrons. The lowest BCUT2D eigenvalue weighted by Gasteiger charge is -2.17. The zero-order valence-electron chi connectivity index (χ0n) is 17.0. The van der Waals surface area contributed by atoms with Gasteiger partial charge in [0.15, 0.2) is 0 Å². The van der Waals surface area contributed by atoms with Crippen LogP contribution in [0.4, 0.5) is 0 Å². The highest BCUT2D eigenvalue weighted by atomic mass is 35.5. The van der Waals surface area contributed by atoms with Gasteiger partial charge in [-0.25, -0.2) is 18.1 Å². The highest BCUT2D eigenvalue weighted by Gasteiger charge is 2.23. The van der Waals surface area contributed by atoms with Gasteiger partial charge in [-0.05, 0) is 45.9 Å². The molecule has 2 heterocycles. The van der Waals surface area contributed by atoms with Gasteiger partial charge in [-0.1, -0.05) is 23.2 Å². The van der Waals surface area contributed by atoms with Gasteiger partial charge >= 0.3 is 6.01 Å². The Kier molecular flexibility index (Phi) is 6.71. The number of aryl methyl sites for hydroxylation is 2. The van der Waals surface area contributed by atoms with Crippen LogP contribution in [0.15, 0.2) is 41.4 Å². The third kappa shape index (κ3) is 4.95. The van der Waals surface area contributed by atoms with E-state index in [0.29, 0.717) is 24.0 Å². The summed E-state index contributed by atoms with van der Waals surface area (Å²) in [6.45, 7) is 7.99. The monoisotopic (exact) mass is 468 g/mol. The normalized spacial score (nSPS) is 12.7. The molecule has 1 aromatic carbocycles. The minimum Gasteiger partial charge on any atom is -0.425 e. The van der Waals surface area contributed by atoms with Crippen molar-refractivity contribution in [3.8, 4) is 11.8 Å². The van der Waals surface area contributed by atoms with Gasteiger partial charge in [0.25, 0.3) is 0 Å². The summed E-state index contributed by atoms with van der Waals surface area (Å²) in [6.07, 6.45) is 1.60. The second-order valence-corrected chi connectivity index (χ2v) is 9.34. The van der Waals surface area contributed by atoms with E-state index in [2.05, 4.69) is 14.7 Å². The van der Waals surface area contributed by atoms with Crippen molar-refractivity contribution in [1.82, 2.24) is 19.3 Å². The van der Waals surface area contributed by atoms with Crippen molar-refractivity contribution in [3.63, 3.8) is 0 Å². The molecule has 0 saturated heterocycles. The number of imidazole rings is 1. The summed E-state index contributed by atoms with van der Waals surface area (Å²) < 4.78 is 35.9. The molecule has 0 saturated carbocycles. The molecule has 0 aliphatic heterocycles. The van der Waals surface area contributed by atoms with Crippen LogP contribution in [0.1, 0.15) is 37.0 Å². The minimum atomic E-state index is -3.82. The standard InChI is InChI=1S/C20H22Cl2N4O3S/c1-5-26-19(11-23-20(26)29-15-8-12(2)24-13(3)9-15)14(4)25-30(27,28)16-6-7-17(21)18(22)10-16/h6-11,14,25H,5H2,1-4H3. The van der Waals surface area contributed by atoms with E-state index >= 15 is 0 Å². The summed E-state index contributed by atoms with van der Waals surface area (Å²) in [6, 6.07) is 7.62. The fourth-order valence-electron chi connectivity index (χ4n) is 3.08. The first-order valence-electron chi connectivity index (χ1n) is 9.26. The van der Waals surface area contributed by atoms with Crippen LogP contribution < -0.4 is 9.46 Å². The molecule has 2 aromatic heterocycles. The Hall–Kier alpha value is -2.13. The van der Waals surface area contributed by atoms with Gasteiger partial charge < -0.3 is 4.74 Å². The molecule has 3 rings (SSSR count). The molecule has 1 N–H and O–H groups in total. The van der Waals surface area contributed by atoms with Gasteiger partial charge in [-0.2, -0.15) is 0 Å². The van der Waals surface area contributed by atoms with Gasteiger partial charge in [0.1, 0.15) is 5.75 Å². The molecule has 0 spiro atoms. The number of hydrogen-bond donors (Lipinski definition) is 1. The lowest BCUT2D eigenvalue weighted by molar-refractivity contribution is 0.407. The fourth-order valence-corrected chi connectivity index (χ4v) is 4.69. The molecule has 1 unspecified atom stereocenters. The summed E-state index contributed by atoms with van der Waals surface area (Å²) in [5, 5.41) is 0.459. The molecule has 1 atom stereocenters. The predicted molar refractivity (Wildman–Crippen MR) is 117 cm³/mol. The number of aromatic nitrogens is 3. The van der Waals surface area contributed by atoms with Crippen LogP contribution in [0.2, 0.25) is 10.0 Å². The zero-order valence-corrected chi connectivity index (χ0v) is 19.3. The van der Waals surface area contributed by atoms with Crippen LogP contribution in [0, 0.1) is 13.8 Å². The average molecular weight is 469 g/mol. The number of sulfonamides is 1. The van der Waals surface area contributed by atoms with Crippen LogP contribution in [-0.2, 0) is 16.6 Å². The minimum absolute atomic E-state index is 0.0329. The van der Waals surface area contributed by atoms with Crippen LogP contribution in [0.3, 0.4) is 0 Å². The van der Waals surface area contributed by atoms with E-state index in [1.165, 1.54) is 18.2 Å². The Labute approximate surface area is 186 Å². The van der Waals surface area contributed by atoms with E-state index in [1.54, 1.807) is 13.1 Å². The smallest absolute Gasteiger partial charge is 0.302 e. The molecule has 0 bridgehead atoms. The Morgan fingerprint density at radius 1 is 1.13 bits per heavy atom. The molecule has 0 fully saturated rings. The lowest BCUT2D eigenvalue weighted by Crippen LogP contribution is -2.28. The Bertz CT molecular complexity index is 1160. The van der Waals surface area contributed by atoms with Crippen molar-refractivity contribution in [1.29, 1.82) is 0 Å². The topological polar surface area (TPSA) is 86.1 Å². The number of pyridine rings is 1. The fraction of sp³-hybridized carbons (Fsp3) is 0.300.